The van der Waals surface area contributed by atoms with E-state index < -0.39 is 231 Å². The van der Waals surface area contributed by atoms with Gasteiger partial charge in [-0.15, -0.1) is 0 Å². The summed E-state index contributed by atoms with van der Waals surface area (Å²) in [7, 11) is -4.28. The molecule has 70 heavy (non-hydrogen) atoms. The van der Waals surface area contributed by atoms with Crippen LogP contribution in [0, 0.1) is 0 Å². The van der Waals surface area contributed by atoms with Gasteiger partial charge in [0, 0.05) is 49.1 Å². The lowest BCUT2D eigenvalue weighted by Gasteiger charge is -2.39. The number of nitrogens with zero attached hydrogens (tertiary/aromatic N) is 6. The molecule has 326 valence electrons. The molecule has 5 heterocycles. The molecular formula is C63H40N6Si. The van der Waals surface area contributed by atoms with Crippen LogP contribution in [-0.2, 0) is 0 Å². The summed E-state index contributed by atoms with van der Waals surface area (Å²) in [4.78, 5) is 14.6. The average Bonchev–Trinajstić information content (AvgIpc) is 1.24. The SMILES string of the molecule is [2H]c1c([2H])c([2H])c(-n2c3c([2H])c([2H])c([2H])c([2H])c3c3c([2H])c([2H])c([2H])c([2H])c32)c(-c2nc(-c3c([2H])c([2H])c([2H])c([Si]4(c5ccccc5)c5ccccc5-n5c6ccccc6c6cccc4c65)c3[2H])nc(-n3c4c([2H])c([2H])c([2H])c([2H])c4c4c([2H])c([2H])c([2H])c([2H])c43)n2)c1[2H]. The van der Waals surface area contributed by atoms with Crippen LogP contribution in [0.15, 0.2) is 242 Å². The van der Waals surface area contributed by atoms with Gasteiger partial charge in [0.05, 0.1) is 71.7 Å². The second-order valence-corrected chi connectivity index (χ2v) is 20.2. The lowest BCUT2D eigenvalue weighted by Crippen LogP contribution is -2.76. The molecule has 10 aromatic carbocycles. The third-order valence-corrected chi connectivity index (χ3v) is 17.7. The van der Waals surface area contributed by atoms with E-state index in [0.717, 1.165) is 30.9 Å². The molecule has 6 nitrogen and oxygen atoms in total. The molecule has 7 heteroatoms. The van der Waals surface area contributed by atoms with Crippen molar-refractivity contribution in [1.82, 2.24) is 28.7 Å². The van der Waals surface area contributed by atoms with Crippen molar-refractivity contribution in [1.29, 1.82) is 0 Å². The van der Waals surface area contributed by atoms with E-state index in [0.29, 0.717) is 21.2 Å². The van der Waals surface area contributed by atoms with Crippen LogP contribution in [0.3, 0.4) is 0 Å². The topological polar surface area (TPSA) is 53.5 Å². The minimum absolute atomic E-state index is 0.0503. The van der Waals surface area contributed by atoms with Crippen LogP contribution in [-0.4, -0.2) is 36.7 Å². The van der Waals surface area contributed by atoms with Gasteiger partial charge in [-0.25, -0.2) is 4.98 Å². The molecule has 0 amide bonds. The first-order valence-electron chi connectivity index (χ1n) is 33.9. The van der Waals surface area contributed by atoms with Gasteiger partial charge in [-0.2, -0.15) is 9.97 Å². The van der Waals surface area contributed by atoms with E-state index >= 15 is 0 Å². The molecule has 0 radical (unpaired) electrons. The maximum Gasteiger partial charge on any atom is 0.238 e. The minimum atomic E-state index is -4.28. The maximum absolute atomic E-state index is 10.9. The second kappa shape index (κ2) is 14.9. The summed E-state index contributed by atoms with van der Waals surface area (Å²) in [6.07, 6.45) is 0. The van der Waals surface area contributed by atoms with Crippen LogP contribution in [0.4, 0.5) is 0 Å². The van der Waals surface area contributed by atoms with Crippen molar-refractivity contribution in [3.8, 4) is 40.1 Å². The first-order valence-corrected chi connectivity index (χ1v) is 23.9. The van der Waals surface area contributed by atoms with Crippen molar-refractivity contribution in [2.45, 2.75) is 0 Å². The van der Waals surface area contributed by atoms with Crippen LogP contribution in [0.1, 0.15) is 32.9 Å². The van der Waals surface area contributed by atoms with E-state index in [9.17, 15) is 21.9 Å². The zero-order valence-electron chi connectivity index (χ0n) is 59.9. The molecule has 1 unspecified atom stereocenters. The van der Waals surface area contributed by atoms with Crippen molar-refractivity contribution in [2.24, 2.45) is 0 Å². The third kappa shape index (κ3) is 5.35. The number of fused-ring (bicyclic) bond motifs is 11. The van der Waals surface area contributed by atoms with Crippen LogP contribution in [0.25, 0.3) is 106 Å². The van der Waals surface area contributed by atoms with Crippen molar-refractivity contribution < 1.29 is 32.9 Å². The molecule has 4 aromatic heterocycles. The zero-order chi connectivity index (χ0) is 66.8. The smallest absolute Gasteiger partial charge is 0.238 e. The van der Waals surface area contributed by atoms with Crippen molar-refractivity contribution in [2.75, 3.05) is 0 Å². The summed E-state index contributed by atoms with van der Waals surface area (Å²) in [5, 5.41) is 1.74. The molecule has 0 bridgehead atoms. The molecule has 0 spiro atoms. The number of para-hydroxylation sites is 8. The van der Waals surface area contributed by atoms with Gasteiger partial charge >= 0.3 is 0 Å². The van der Waals surface area contributed by atoms with Crippen LogP contribution >= 0.6 is 0 Å². The number of hydrogen-bond donors (Lipinski definition) is 0. The molecule has 1 atom stereocenters. The molecule has 0 N–H and O–H groups in total. The van der Waals surface area contributed by atoms with Gasteiger partial charge in [0.1, 0.15) is 0 Å². The van der Waals surface area contributed by atoms with Crippen LogP contribution < -0.4 is 20.7 Å². The molecule has 1 aliphatic heterocycles. The number of aromatic nitrogens is 6. The fourth-order valence-electron chi connectivity index (χ4n) is 10.3. The molecule has 1 aliphatic rings. The van der Waals surface area contributed by atoms with Crippen molar-refractivity contribution in [3.63, 3.8) is 0 Å². The standard InChI is InChI=1S/C63H40N6Si/c1-2-21-42(22-3-1)70(58-38-17-16-37-57(58)68-53-33-12-8-28-48(53)49-30-19-39-59(70)60(49)68)43-23-18-20-41(40-43)61-64-62(66-63(65-61)69-54-34-13-6-26-46(54)47-27-7-14-35-55(47)69)50-29-9-15-36-56(50)67-51-31-10-4-24-44(51)45-25-5-11-32-52(45)67/h1-40H/i4D,5D,6D,7D,9D,10D,11D,13D,14D,15D,18D,20D,23D,24D,25D,26D,27D,29D,31D,32D,34D,35D,36D,40D. The van der Waals surface area contributed by atoms with Crippen molar-refractivity contribution >= 4 is 94.2 Å². The highest BCUT2D eigenvalue weighted by molar-refractivity contribution is 7.21. The lowest BCUT2D eigenvalue weighted by molar-refractivity contribution is 0.952. The Morgan fingerprint density at radius 3 is 1.66 bits per heavy atom. The highest BCUT2D eigenvalue weighted by Crippen LogP contribution is 2.39. The number of rotatable bonds is 6. The first kappa shape index (κ1) is 22.3. The Labute approximate surface area is 437 Å². The first-order chi connectivity index (χ1) is 44.7. The number of hydrogen-bond acceptors (Lipinski definition) is 3. The molecule has 0 aliphatic carbocycles. The minimum Gasteiger partial charge on any atom is -0.309 e. The molecule has 0 fully saturated rings. The van der Waals surface area contributed by atoms with Crippen molar-refractivity contribution in [3.05, 3.63) is 242 Å². The van der Waals surface area contributed by atoms with Gasteiger partial charge < -0.3 is 9.13 Å². The predicted octanol–water partition coefficient (Wildman–Crippen LogP) is 12.2. The van der Waals surface area contributed by atoms with E-state index in [-0.39, 0.29) is 5.19 Å². The van der Waals surface area contributed by atoms with Crippen LogP contribution in [0.2, 0.25) is 0 Å². The quantitative estimate of drug-likeness (QED) is 0.156. The molecule has 15 rings (SSSR count). The largest absolute Gasteiger partial charge is 0.309 e. The van der Waals surface area contributed by atoms with Gasteiger partial charge in [0.15, 0.2) is 19.7 Å². The molecule has 14 aromatic rings. The Kier molecular flexibility index (Phi) is 4.75. The lowest BCUT2D eigenvalue weighted by atomic mass is 10.1. The number of benzene rings is 10. The summed E-state index contributed by atoms with van der Waals surface area (Å²) < 4.78 is 229. The van der Waals surface area contributed by atoms with Gasteiger partial charge in [0.2, 0.25) is 5.95 Å². The summed E-state index contributed by atoms with van der Waals surface area (Å²) in [5.41, 5.74) is -2.26. The van der Waals surface area contributed by atoms with E-state index in [2.05, 4.69) is 4.57 Å². The Hall–Kier alpha value is -9.17. The monoisotopic (exact) mass is 932 g/mol. The zero-order valence-corrected chi connectivity index (χ0v) is 36.9. The van der Waals surface area contributed by atoms with E-state index in [1.807, 2.05) is 78.9 Å². The third-order valence-electron chi connectivity index (χ3n) is 13.1. The summed E-state index contributed by atoms with van der Waals surface area (Å²) in [6, 6.07) is 10.1. The maximum atomic E-state index is 10.9. The van der Waals surface area contributed by atoms with Gasteiger partial charge in [0.25, 0.3) is 0 Å². The summed E-state index contributed by atoms with van der Waals surface area (Å²) in [6.45, 7) is 0. The average molecular weight is 933 g/mol. The van der Waals surface area contributed by atoms with E-state index in [1.54, 1.807) is 18.2 Å². The van der Waals surface area contributed by atoms with Gasteiger partial charge in [-0.1, -0.05) is 194 Å². The Morgan fingerprint density at radius 2 is 0.929 bits per heavy atom. The normalized spacial score (nSPS) is 19.1. The molecule has 0 saturated heterocycles. The van der Waals surface area contributed by atoms with Gasteiger partial charge in [-0.05, 0) is 69.1 Å². The highest BCUT2D eigenvalue weighted by atomic mass is 28.3. The van der Waals surface area contributed by atoms with E-state index in [4.69, 9.17) is 25.9 Å². The fourth-order valence-corrected chi connectivity index (χ4v) is 15.2. The highest BCUT2D eigenvalue weighted by Gasteiger charge is 2.47. The van der Waals surface area contributed by atoms with Crippen LogP contribution in [0.5, 0.6) is 0 Å². The fraction of sp³-hybridized carbons (Fsp3) is 0. The predicted molar refractivity (Wildman–Crippen MR) is 291 cm³/mol. The Bertz CT molecular complexity index is 5740. The molecular weight excluding hydrogens is 869 g/mol. The summed E-state index contributed by atoms with van der Waals surface area (Å²) >= 11 is 0. The Morgan fingerprint density at radius 1 is 0.357 bits per heavy atom. The van der Waals surface area contributed by atoms with Gasteiger partial charge in [-0.3, -0.25) is 4.57 Å². The Balaban J connectivity index is 1.17. The van der Waals surface area contributed by atoms with E-state index in [1.165, 1.54) is 0 Å². The molecule has 0 saturated carbocycles. The summed E-state index contributed by atoms with van der Waals surface area (Å²) in [5.74, 6) is -2.50. The second-order valence-electron chi connectivity index (χ2n) is 16.5.